The number of nitrogens with one attached hydrogen (secondary N) is 2. The zero-order valence-corrected chi connectivity index (χ0v) is 17.3. The van der Waals surface area contributed by atoms with Gasteiger partial charge in [-0.15, -0.1) is 0 Å². The number of rotatable bonds is 5. The standard InChI is InChI=1S/C22H19F2N5O3/c1-11-5-14(10-26-21(11)30)20-8-18(29-32-20)17-7-19(28-12(2)27-17)22(31)25-9-13-3-4-15(23)16(24)6-13/h3-7,10,20H,8-9H2,1-2H3,(H,25,31)(H,26,30)/t20-/m0/s1. The van der Waals surface area contributed by atoms with Crippen LogP contribution in [0.1, 0.15) is 51.2 Å². The van der Waals surface area contributed by atoms with Crippen molar-refractivity contribution in [1.29, 1.82) is 0 Å². The molecule has 2 N–H and O–H groups in total. The molecule has 0 unspecified atom stereocenters. The first-order chi connectivity index (χ1) is 15.3. The summed E-state index contributed by atoms with van der Waals surface area (Å²) >= 11 is 0. The van der Waals surface area contributed by atoms with E-state index in [1.807, 2.05) is 0 Å². The van der Waals surface area contributed by atoms with E-state index in [1.54, 1.807) is 26.1 Å². The van der Waals surface area contributed by atoms with Crippen molar-refractivity contribution in [3.8, 4) is 0 Å². The van der Waals surface area contributed by atoms with Crippen LogP contribution in [0.25, 0.3) is 0 Å². The number of pyridine rings is 1. The average Bonchev–Trinajstić information content (AvgIpc) is 3.26. The van der Waals surface area contributed by atoms with E-state index in [-0.39, 0.29) is 23.9 Å². The van der Waals surface area contributed by atoms with Crippen LogP contribution >= 0.6 is 0 Å². The third-order valence-electron chi connectivity index (χ3n) is 4.96. The Labute approximate surface area is 181 Å². The predicted molar refractivity (Wildman–Crippen MR) is 111 cm³/mol. The zero-order chi connectivity index (χ0) is 22.8. The van der Waals surface area contributed by atoms with E-state index in [4.69, 9.17) is 4.84 Å². The molecule has 164 valence electrons. The van der Waals surface area contributed by atoms with Crippen LogP contribution in [0.3, 0.4) is 0 Å². The Kier molecular flexibility index (Phi) is 5.76. The van der Waals surface area contributed by atoms with E-state index in [0.29, 0.717) is 34.8 Å². The average molecular weight is 439 g/mol. The van der Waals surface area contributed by atoms with Crippen molar-refractivity contribution >= 4 is 11.6 Å². The van der Waals surface area contributed by atoms with Crippen LogP contribution in [0.5, 0.6) is 0 Å². The summed E-state index contributed by atoms with van der Waals surface area (Å²) in [6.45, 7) is 3.36. The molecule has 1 amide bonds. The molecule has 32 heavy (non-hydrogen) atoms. The molecule has 0 saturated heterocycles. The molecule has 1 aliphatic rings. The number of H-pyrrole nitrogens is 1. The van der Waals surface area contributed by atoms with Gasteiger partial charge in [0.2, 0.25) is 0 Å². The van der Waals surface area contributed by atoms with Crippen molar-refractivity contribution in [1.82, 2.24) is 20.3 Å². The maximum atomic E-state index is 13.4. The number of hydrogen-bond acceptors (Lipinski definition) is 6. The molecule has 2 aromatic heterocycles. The van der Waals surface area contributed by atoms with Gasteiger partial charge < -0.3 is 15.1 Å². The summed E-state index contributed by atoms with van der Waals surface area (Å²) in [7, 11) is 0. The van der Waals surface area contributed by atoms with Gasteiger partial charge in [0.05, 0.1) is 5.69 Å². The minimum atomic E-state index is -0.983. The highest BCUT2D eigenvalue weighted by Crippen LogP contribution is 2.28. The monoisotopic (exact) mass is 439 g/mol. The summed E-state index contributed by atoms with van der Waals surface area (Å²) in [5.41, 5.74) is 2.68. The Morgan fingerprint density at radius 1 is 1.19 bits per heavy atom. The highest BCUT2D eigenvalue weighted by molar-refractivity contribution is 6.02. The molecule has 10 heteroatoms. The maximum Gasteiger partial charge on any atom is 0.270 e. The quantitative estimate of drug-likeness (QED) is 0.635. The molecule has 0 radical (unpaired) electrons. The van der Waals surface area contributed by atoms with Crippen LogP contribution in [-0.2, 0) is 11.4 Å². The van der Waals surface area contributed by atoms with Crippen molar-refractivity contribution in [3.05, 3.63) is 92.4 Å². The fourth-order valence-electron chi connectivity index (χ4n) is 3.27. The molecule has 1 atom stereocenters. The Bertz CT molecular complexity index is 1290. The van der Waals surface area contributed by atoms with Crippen LogP contribution in [0.4, 0.5) is 8.78 Å². The van der Waals surface area contributed by atoms with Crippen LogP contribution in [0, 0.1) is 25.5 Å². The largest absolute Gasteiger partial charge is 0.387 e. The molecule has 1 aliphatic heterocycles. The summed E-state index contributed by atoms with van der Waals surface area (Å²) in [6, 6.07) is 6.65. The molecule has 1 aromatic carbocycles. The van der Waals surface area contributed by atoms with Crippen LogP contribution < -0.4 is 10.9 Å². The molecular weight excluding hydrogens is 420 g/mol. The summed E-state index contributed by atoms with van der Waals surface area (Å²) < 4.78 is 26.4. The molecule has 3 aromatic rings. The molecule has 0 aliphatic carbocycles. The lowest BCUT2D eigenvalue weighted by molar-refractivity contribution is 0.0854. The summed E-state index contributed by atoms with van der Waals surface area (Å²) in [6.07, 6.45) is 1.60. The second-order valence-electron chi connectivity index (χ2n) is 7.40. The number of aromatic amines is 1. The van der Waals surface area contributed by atoms with E-state index in [9.17, 15) is 18.4 Å². The van der Waals surface area contributed by atoms with Gasteiger partial charge in [0.1, 0.15) is 17.2 Å². The van der Waals surface area contributed by atoms with Crippen LogP contribution in [0.2, 0.25) is 0 Å². The number of aryl methyl sites for hydroxylation is 2. The van der Waals surface area contributed by atoms with E-state index in [0.717, 1.165) is 17.7 Å². The molecule has 0 bridgehead atoms. The Morgan fingerprint density at radius 3 is 2.75 bits per heavy atom. The third kappa shape index (κ3) is 4.53. The second-order valence-corrected chi connectivity index (χ2v) is 7.40. The van der Waals surface area contributed by atoms with Crippen molar-refractivity contribution in [2.24, 2.45) is 5.16 Å². The topological polar surface area (TPSA) is 109 Å². The molecule has 0 saturated carbocycles. The molecule has 3 heterocycles. The minimum absolute atomic E-state index is 0.00606. The number of hydrogen-bond donors (Lipinski definition) is 2. The first-order valence-electron chi connectivity index (χ1n) is 9.80. The zero-order valence-electron chi connectivity index (χ0n) is 17.3. The molecule has 4 rings (SSSR count). The number of aromatic nitrogens is 3. The van der Waals surface area contributed by atoms with Gasteiger partial charge in [-0.2, -0.15) is 0 Å². The van der Waals surface area contributed by atoms with Crippen LogP contribution in [0.15, 0.2) is 46.5 Å². The highest BCUT2D eigenvalue weighted by atomic mass is 19.2. The highest BCUT2D eigenvalue weighted by Gasteiger charge is 2.26. The summed E-state index contributed by atoms with van der Waals surface area (Å²) in [4.78, 5) is 40.8. The number of benzene rings is 1. The molecule has 0 fully saturated rings. The van der Waals surface area contributed by atoms with Gasteiger partial charge in [-0.1, -0.05) is 11.2 Å². The smallest absolute Gasteiger partial charge is 0.270 e. The number of carbonyl (C=O) groups excluding carboxylic acids is 1. The third-order valence-corrected chi connectivity index (χ3v) is 4.96. The fraction of sp³-hybridized carbons (Fsp3) is 0.227. The van der Waals surface area contributed by atoms with Gasteiger partial charge in [0.25, 0.3) is 11.5 Å². The first-order valence-corrected chi connectivity index (χ1v) is 9.80. The van der Waals surface area contributed by atoms with Crippen molar-refractivity contribution in [3.63, 3.8) is 0 Å². The summed E-state index contributed by atoms with van der Waals surface area (Å²) in [5.74, 6) is -2.06. The lowest BCUT2D eigenvalue weighted by Gasteiger charge is -2.09. The molecular formula is C22H19F2N5O3. The van der Waals surface area contributed by atoms with Gasteiger partial charge in [-0.05, 0) is 43.7 Å². The maximum absolute atomic E-state index is 13.4. The summed E-state index contributed by atoms with van der Waals surface area (Å²) in [5, 5.41) is 6.72. The van der Waals surface area contributed by atoms with Crippen LogP contribution in [-0.4, -0.2) is 26.6 Å². The Balaban J connectivity index is 1.47. The second kappa shape index (κ2) is 8.66. The lowest BCUT2D eigenvalue weighted by atomic mass is 10.0. The van der Waals surface area contributed by atoms with Gasteiger partial charge in [0, 0.05) is 30.3 Å². The van der Waals surface area contributed by atoms with E-state index < -0.39 is 17.5 Å². The Hall–Kier alpha value is -3.95. The number of oxime groups is 1. The van der Waals surface area contributed by atoms with Crippen molar-refractivity contribution < 1.29 is 18.4 Å². The Morgan fingerprint density at radius 2 is 2.00 bits per heavy atom. The fourth-order valence-corrected chi connectivity index (χ4v) is 3.27. The normalized spacial score (nSPS) is 15.2. The number of carbonyl (C=O) groups is 1. The molecule has 0 spiro atoms. The van der Waals surface area contributed by atoms with Gasteiger partial charge in [0.15, 0.2) is 17.7 Å². The van der Waals surface area contributed by atoms with Gasteiger partial charge in [-0.3, -0.25) is 9.59 Å². The first kappa shape index (κ1) is 21.3. The van der Waals surface area contributed by atoms with Crippen molar-refractivity contribution in [2.75, 3.05) is 0 Å². The minimum Gasteiger partial charge on any atom is -0.387 e. The number of amides is 1. The predicted octanol–water partition coefficient (Wildman–Crippen LogP) is 2.86. The van der Waals surface area contributed by atoms with E-state index in [2.05, 4.69) is 25.4 Å². The van der Waals surface area contributed by atoms with E-state index >= 15 is 0 Å². The van der Waals surface area contributed by atoms with E-state index in [1.165, 1.54) is 12.1 Å². The van der Waals surface area contributed by atoms with Gasteiger partial charge >= 0.3 is 0 Å². The molecule has 8 nitrogen and oxygen atoms in total. The lowest BCUT2D eigenvalue weighted by Crippen LogP contribution is -2.25. The van der Waals surface area contributed by atoms with Gasteiger partial charge in [-0.25, -0.2) is 18.7 Å². The number of nitrogens with zero attached hydrogens (tertiary/aromatic N) is 3. The van der Waals surface area contributed by atoms with Crippen molar-refractivity contribution in [2.45, 2.75) is 32.9 Å². The number of halogens is 2. The SMILES string of the molecule is Cc1nc(C(=O)NCc2ccc(F)c(F)c2)cc(C2=NO[C@H](c3c[nH]c(=O)c(C)c3)C2)n1.